The minimum absolute atomic E-state index is 0.352. The Balaban J connectivity index is 2.31. The Kier molecular flexibility index (Phi) is 5.08. The first-order chi connectivity index (χ1) is 9.31. The number of methoxy groups -OCH3 is 2. The molecule has 0 heterocycles. The van der Waals surface area contributed by atoms with Crippen molar-refractivity contribution < 1.29 is 9.47 Å². The molecule has 0 spiro atoms. The van der Waals surface area contributed by atoms with Crippen LogP contribution in [0.1, 0.15) is 43.7 Å². The summed E-state index contributed by atoms with van der Waals surface area (Å²) in [5.41, 5.74) is 1.22. The zero-order valence-corrected chi connectivity index (χ0v) is 12.2. The molecule has 0 saturated heterocycles. The molecule has 1 N–H and O–H groups in total. The van der Waals surface area contributed by atoms with Gasteiger partial charge in [-0.2, -0.15) is 0 Å². The normalized spacial score (nSPS) is 18.1. The van der Waals surface area contributed by atoms with Gasteiger partial charge < -0.3 is 14.8 Å². The van der Waals surface area contributed by atoms with Crippen molar-refractivity contribution in [2.24, 2.45) is 5.92 Å². The van der Waals surface area contributed by atoms with Crippen LogP contribution in [0.2, 0.25) is 0 Å². The topological polar surface area (TPSA) is 30.5 Å². The van der Waals surface area contributed by atoms with Crippen LogP contribution < -0.4 is 14.8 Å². The van der Waals surface area contributed by atoms with E-state index in [-0.39, 0.29) is 0 Å². The van der Waals surface area contributed by atoms with Gasteiger partial charge in [0.1, 0.15) is 0 Å². The fourth-order valence-electron chi connectivity index (χ4n) is 3.27. The van der Waals surface area contributed by atoms with Gasteiger partial charge in [0.15, 0.2) is 11.5 Å². The van der Waals surface area contributed by atoms with Crippen LogP contribution in [0.25, 0.3) is 0 Å². The molecule has 1 fully saturated rings. The maximum atomic E-state index is 5.58. The highest BCUT2D eigenvalue weighted by molar-refractivity contribution is 5.48. The number of benzene rings is 1. The predicted octanol–water partition coefficient (Wildman–Crippen LogP) is 3.54. The fourth-order valence-corrected chi connectivity index (χ4v) is 3.27. The summed E-state index contributed by atoms with van der Waals surface area (Å²) in [5, 5.41) is 3.48. The summed E-state index contributed by atoms with van der Waals surface area (Å²) in [7, 11) is 5.45. The number of ether oxygens (including phenoxy) is 2. The summed E-state index contributed by atoms with van der Waals surface area (Å²) >= 11 is 0. The molecule has 0 aliphatic heterocycles. The van der Waals surface area contributed by atoms with Crippen molar-refractivity contribution in [3.8, 4) is 11.5 Å². The minimum Gasteiger partial charge on any atom is -0.493 e. The molecule has 1 aromatic rings. The molecule has 1 saturated carbocycles. The van der Waals surface area contributed by atoms with Crippen LogP contribution in [0.3, 0.4) is 0 Å². The molecule has 3 heteroatoms. The van der Waals surface area contributed by atoms with Gasteiger partial charge in [0.05, 0.1) is 14.2 Å². The molecule has 0 bridgehead atoms. The van der Waals surface area contributed by atoms with Crippen molar-refractivity contribution in [2.45, 2.75) is 38.1 Å². The third-order valence-electron chi connectivity index (χ3n) is 4.20. The lowest BCUT2D eigenvalue weighted by molar-refractivity contribution is 0.272. The van der Waals surface area contributed by atoms with E-state index in [0.717, 1.165) is 11.5 Å². The molecule has 1 unspecified atom stereocenters. The van der Waals surface area contributed by atoms with Crippen LogP contribution in [0.15, 0.2) is 18.2 Å². The van der Waals surface area contributed by atoms with E-state index in [0.29, 0.717) is 12.0 Å². The summed E-state index contributed by atoms with van der Waals surface area (Å²) in [4.78, 5) is 0. The first-order valence-electron chi connectivity index (χ1n) is 7.20. The smallest absolute Gasteiger partial charge is 0.165 e. The highest BCUT2D eigenvalue weighted by Gasteiger charge is 2.27. The van der Waals surface area contributed by atoms with E-state index in [1.807, 2.05) is 19.2 Å². The molecule has 2 rings (SSSR count). The van der Waals surface area contributed by atoms with Crippen molar-refractivity contribution in [1.29, 1.82) is 0 Å². The van der Waals surface area contributed by atoms with E-state index in [1.165, 1.54) is 37.7 Å². The molecular formula is C16H25NO2. The molecule has 0 amide bonds. The molecule has 0 radical (unpaired) electrons. The summed E-state index contributed by atoms with van der Waals surface area (Å²) in [6.45, 7) is 0. The first kappa shape index (κ1) is 14.2. The summed E-state index contributed by atoms with van der Waals surface area (Å²) in [5.74, 6) is 2.38. The minimum atomic E-state index is 0.352. The van der Waals surface area contributed by atoms with Gasteiger partial charge >= 0.3 is 0 Å². The van der Waals surface area contributed by atoms with Crippen molar-refractivity contribution >= 4 is 0 Å². The predicted molar refractivity (Wildman–Crippen MR) is 77.9 cm³/mol. The quantitative estimate of drug-likeness (QED) is 0.881. The molecule has 1 aliphatic carbocycles. The lowest BCUT2D eigenvalue weighted by Gasteiger charge is -2.31. The lowest BCUT2D eigenvalue weighted by Crippen LogP contribution is -2.27. The van der Waals surface area contributed by atoms with Crippen LogP contribution in [-0.4, -0.2) is 21.3 Å². The van der Waals surface area contributed by atoms with Crippen LogP contribution in [-0.2, 0) is 0 Å². The Morgan fingerprint density at radius 3 is 2.42 bits per heavy atom. The van der Waals surface area contributed by atoms with Gasteiger partial charge in [-0.15, -0.1) is 0 Å². The van der Waals surface area contributed by atoms with Crippen LogP contribution in [0.5, 0.6) is 11.5 Å². The molecule has 3 nitrogen and oxygen atoms in total. The molecule has 1 atom stereocenters. The maximum absolute atomic E-state index is 5.58. The Morgan fingerprint density at radius 2 is 1.84 bits per heavy atom. The second-order valence-corrected chi connectivity index (χ2v) is 5.25. The Hall–Kier alpha value is -1.22. The summed E-state index contributed by atoms with van der Waals surface area (Å²) < 4.78 is 11.0. The van der Waals surface area contributed by atoms with E-state index in [1.54, 1.807) is 14.2 Å². The zero-order valence-electron chi connectivity index (χ0n) is 12.2. The highest BCUT2D eigenvalue weighted by atomic mass is 16.5. The van der Waals surface area contributed by atoms with Crippen molar-refractivity contribution in [3.05, 3.63) is 23.8 Å². The molecule has 0 aromatic heterocycles. The SMILES string of the molecule is CNC(c1cccc(OC)c1OC)C1CCCCC1. The van der Waals surface area contributed by atoms with Gasteiger partial charge in [-0.25, -0.2) is 0 Å². The number of para-hydroxylation sites is 1. The van der Waals surface area contributed by atoms with Gasteiger partial charge in [0, 0.05) is 11.6 Å². The Bertz CT molecular complexity index is 400. The van der Waals surface area contributed by atoms with E-state index in [2.05, 4.69) is 11.4 Å². The largest absolute Gasteiger partial charge is 0.493 e. The van der Waals surface area contributed by atoms with Crippen LogP contribution in [0, 0.1) is 5.92 Å². The van der Waals surface area contributed by atoms with Crippen molar-refractivity contribution in [3.63, 3.8) is 0 Å². The van der Waals surface area contributed by atoms with E-state index >= 15 is 0 Å². The second-order valence-electron chi connectivity index (χ2n) is 5.25. The van der Waals surface area contributed by atoms with Crippen molar-refractivity contribution in [1.82, 2.24) is 5.32 Å². The second kappa shape index (κ2) is 6.80. The Morgan fingerprint density at radius 1 is 1.11 bits per heavy atom. The Labute approximate surface area is 116 Å². The van der Waals surface area contributed by atoms with Gasteiger partial charge in [0.2, 0.25) is 0 Å². The number of rotatable bonds is 5. The standard InChI is InChI=1S/C16H25NO2/c1-17-15(12-8-5-4-6-9-12)13-10-7-11-14(18-2)16(13)19-3/h7,10-12,15,17H,4-6,8-9H2,1-3H3. The average Bonchev–Trinajstić information content (AvgIpc) is 2.48. The number of nitrogens with one attached hydrogen (secondary N) is 1. The van der Waals surface area contributed by atoms with E-state index in [4.69, 9.17) is 9.47 Å². The average molecular weight is 263 g/mol. The first-order valence-corrected chi connectivity index (χ1v) is 7.20. The van der Waals surface area contributed by atoms with Gasteiger partial charge in [-0.3, -0.25) is 0 Å². The highest BCUT2D eigenvalue weighted by Crippen LogP contribution is 2.41. The fraction of sp³-hybridized carbons (Fsp3) is 0.625. The summed E-state index contributed by atoms with van der Waals surface area (Å²) in [6.07, 6.45) is 6.66. The molecular weight excluding hydrogens is 238 g/mol. The van der Waals surface area contributed by atoms with Gasteiger partial charge in [-0.1, -0.05) is 31.4 Å². The molecule has 1 aromatic carbocycles. The van der Waals surface area contributed by atoms with E-state index < -0.39 is 0 Å². The monoisotopic (exact) mass is 263 g/mol. The molecule has 19 heavy (non-hydrogen) atoms. The third-order valence-corrected chi connectivity index (χ3v) is 4.20. The number of hydrogen-bond donors (Lipinski definition) is 1. The molecule has 1 aliphatic rings. The summed E-state index contributed by atoms with van der Waals surface area (Å²) in [6, 6.07) is 6.50. The van der Waals surface area contributed by atoms with Crippen LogP contribution >= 0.6 is 0 Å². The zero-order chi connectivity index (χ0) is 13.7. The van der Waals surface area contributed by atoms with Gasteiger partial charge in [-0.05, 0) is 31.9 Å². The molecule has 106 valence electrons. The van der Waals surface area contributed by atoms with Crippen molar-refractivity contribution in [2.75, 3.05) is 21.3 Å². The lowest BCUT2D eigenvalue weighted by atomic mass is 9.81. The number of hydrogen-bond acceptors (Lipinski definition) is 3. The van der Waals surface area contributed by atoms with Crippen LogP contribution in [0.4, 0.5) is 0 Å². The third kappa shape index (κ3) is 3.03. The van der Waals surface area contributed by atoms with E-state index in [9.17, 15) is 0 Å². The maximum Gasteiger partial charge on any atom is 0.165 e. The van der Waals surface area contributed by atoms with Gasteiger partial charge in [0.25, 0.3) is 0 Å².